The number of hydrogen-bond acceptors (Lipinski definition) is 4. The predicted octanol–water partition coefficient (Wildman–Crippen LogP) is 2.84. The highest BCUT2D eigenvalue weighted by atomic mass is 32.1. The van der Waals surface area contributed by atoms with E-state index in [1.165, 1.54) is 30.6 Å². The van der Waals surface area contributed by atoms with Gasteiger partial charge in [0.05, 0.1) is 0 Å². The summed E-state index contributed by atoms with van der Waals surface area (Å²) < 4.78 is 0. The summed E-state index contributed by atoms with van der Waals surface area (Å²) in [6, 6.07) is 5.77. The van der Waals surface area contributed by atoms with Gasteiger partial charge in [-0.3, -0.25) is 9.80 Å². The molecule has 0 aliphatic carbocycles. The van der Waals surface area contributed by atoms with Gasteiger partial charge in [0.25, 0.3) is 0 Å². The summed E-state index contributed by atoms with van der Waals surface area (Å²) in [6.07, 6.45) is 6.06. The minimum atomic E-state index is 0.159. The minimum absolute atomic E-state index is 0.159. The van der Waals surface area contributed by atoms with Crippen LogP contribution in [0.1, 0.15) is 37.0 Å². The molecular weight excluding hydrogens is 344 g/mol. The number of likely N-dealkylation sites (N-methyl/N-ethyl adjacent to an activating group) is 1. The van der Waals surface area contributed by atoms with Crippen LogP contribution in [0.3, 0.4) is 0 Å². The third-order valence-corrected chi connectivity index (χ3v) is 7.51. The highest BCUT2D eigenvalue weighted by Crippen LogP contribution is 2.28. The first-order valence-corrected chi connectivity index (χ1v) is 11.1. The van der Waals surface area contributed by atoms with Crippen LogP contribution in [0.25, 0.3) is 0 Å². The molecule has 1 N–H and O–H groups in total. The average Bonchev–Trinajstić information content (AvgIpc) is 3.22. The molecule has 0 radical (unpaired) electrons. The number of thiophene rings is 1. The lowest BCUT2D eigenvalue weighted by molar-refractivity contribution is 0.166. The molecule has 2 unspecified atom stereocenters. The number of rotatable bonds is 4. The van der Waals surface area contributed by atoms with E-state index in [0.29, 0.717) is 18.0 Å². The molecule has 1 aromatic rings. The van der Waals surface area contributed by atoms with Crippen LogP contribution in [0.5, 0.6) is 0 Å². The molecule has 4 rings (SSSR count). The van der Waals surface area contributed by atoms with Crippen molar-refractivity contribution in [3.63, 3.8) is 0 Å². The fourth-order valence-corrected chi connectivity index (χ4v) is 5.55. The number of hydrogen-bond donors (Lipinski definition) is 1. The summed E-state index contributed by atoms with van der Waals surface area (Å²) >= 11 is 1.85. The molecule has 2 amide bonds. The van der Waals surface area contributed by atoms with Gasteiger partial charge < -0.3 is 10.2 Å². The van der Waals surface area contributed by atoms with Crippen LogP contribution in [-0.4, -0.2) is 72.6 Å². The zero-order valence-corrected chi connectivity index (χ0v) is 16.7. The summed E-state index contributed by atoms with van der Waals surface area (Å²) in [6.45, 7) is 6.04. The van der Waals surface area contributed by atoms with Crippen molar-refractivity contribution in [3.05, 3.63) is 22.4 Å². The maximum Gasteiger partial charge on any atom is 0.317 e. The normalized spacial score (nSPS) is 28.3. The molecule has 6 heteroatoms. The number of urea groups is 1. The molecule has 3 aliphatic rings. The Hall–Kier alpha value is -1.11. The van der Waals surface area contributed by atoms with Crippen LogP contribution in [0.4, 0.5) is 4.79 Å². The highest BCUT2D eigenvalue weighted by molar-refractivity contribution is 7.09. The summed E-state index contributed by atoms with van der Waals surface area (Å²) in [5, 5.41) is 5.39. The van der Waals surface area contributed by atoms with E-state index >= 15 is 0 Å². The van der Waals surface area contributed by atoms with E-state index in [9.17, 15) is 4.79 Å². The van der Waals surface area contributed by atoms with E-state index in [1.807, 2.05) is 11.3 Å². The number of carbonyl (C=O) groups excluding carboxylic acids is 1. The number of nitrogens with one attached hydrogen (secondary N) is 1. The molecule has 3 fully saturated rings. The molecule has 0 spiro atoms. The summed E-state index contributed by atoms with van der Waals surface area (Å²) in [4.78, 5) is 21.2. The summed E-state index contributed by atoms with van der Waals surface area (Å²) in [7, 11) is 2.23. The monoisotopic (exact) mass is 376 g/mol. The first kappa shape index (κ1) is 18.3. The molecule has 4 heterocycles. The van der Waals surface area contributed by atoms with E-state index in [4.69, 9.17) is 0 Å². The van der Waals surface area contributed by atoms with E-state index in [0.717, 1.165) is 45.7 Å². The summed E-state index contributed by atoms with van der Waals surface area (Å²) in [5.41, 5.74) is 0. The van der Waals surface area contributed by atoms with Crippen molar-refractivity contribution in [3.8, 4) is 0 Å². The first-order valence-electron chi connectivity index (χ1n) is 10.2. The van der Waals surface area contributed by atoms with Crippen molar-refractivity contribution in [2.75, 3.05) is 39.8 Å². The van der Waals surface area contributed by atoms with Gasteiger partial charge in [-0.05, 0) is 69.6 Å². The number of carbonyl (C=O) groups is 1. The molecular formula is C20H32N4OS. The number of fused-ring (bicyclic) bond motifs is 2. The van der Waals surface area contributed by atoms with Crippen LogP contribution in [0.2, 0.25) is 0 Å². The topological polar surface area (TPSA) is 38.8 Å². The lowest BCUT2D eigenvalue weighted by atomic mass is 9.97. The Labute approximate surface area is 161 Å². The Bertz CT molecular complexity index is 585. The van der Waals surface area contributed by atoms with Crippen molar-refractivity contribution in [1.82, 2.24) is 20.0 Å². The number of likely N-dealkylation sites (tertiary alicyclic amines) is 2. The molecule has 5 nitrogen and oxygen atoms in total. The Kier molecular flexibility index (Phi) is 5.81. The van der Waals surface area contributed by atoms with E-state index in [-0.39, 0.29) is 6.03 Å². The van der Waals surface area contributed by atoms with Crippen molar-refractivity contribution in [1.29, 1.82) is 0 Å². The lowest BCUT2D eigenvalue weighted by Gasteiger charge is -2.32. The Morgan fingerprint density at radius 1 is 1.15 bits per heavy atom. The summed E-state index contributed by atoms with van der Waals surface area (Å²) in [5.74, 6) is 0.629. The standard InChI is InChI=1S/C20H32N4OS/c1-22-17-4-5-18(22)14-24(11-8-17)20(25)21-13-16-6-9-23(10-7-16)15-19-3-2-12-26-19/h2-3,12,16-18H,4-11,13-15H2,1H3,(H,21,25). The van der Waals surface area contributed by atoms with Gasteiger partial charge in [-0.2, -0.15) is 0 Å². The zero-order valence-electron chi connectivity index (χ0n) is 15.9. The molecule has 26 heavy (non-hydrogen) atoms. The molecule has 0 saturated carbocycles. The van der Waals surface area contributed by atoms with Crippen molar-refractivity contribution in [2.45, 2.75) is 50.7 Å². The first-order chi connectivity index (χ1) is 12.7. The molecule has 0 aromatic carbocycles. The lowest BCUT2D eigenvalue weighted by Crippen LogP contribution is -2.46. The van der Waals surface area contributed by atoms with Crippen LogP contribution < -0.4 is 5.32 Å². The second kappa shape index (κ2) is 8.28. The maximum atomic E-state index is 12.6. The van der Waals surface area contributed by atoms with E-state index in [1.54, 1.807) is 0 Å². The number of amides is 2. The average molecular weight is 377 g/mol. The van der Waals surface area contributed by atoms with Gasteiger partial charge in [0, 0.05) is 43.1 Å². The Morgan fingerprint density at radius 2 is 1.96 bits per heavy atom. The smallest absolute Gasteiger partial charge is 0.317 e. The minimum Gasteiger partial charge on any atom is -0.338 e. The largest absolute Gasteiger partial charge is 0.338 e. The third-order valence-electron chi connectivity index (χ3n) is 6.64. The number of nitrogens with zero attached hydrogens (tertiary/aromatic N) is 3. The zero-order chi connectivity index (χ0) is 17.9. The van der Waals surface area contributed by atoms with Gasteiger partial charge >= 0.3 is 6.03 Å². The third kappa shape index (κ3) is 4.24. The molecule has 2 atom stereocenters. The van der Waals surface area contributed by atoms with Crippen molar-refractivity contribution < 1.29 is 4.79 Å². The van der Waals surface area contributed by atoms with Gasteiger partial charge in [-0.1, -0.05) is 6.07 Å². The van der Waals surface area contributed by atoms with Crippen LogP contribution in [0.15, 0.2) is 17.5 Å². The number of piperidine rings is 1. The maximum absolute atomic E-state index is 12.6. The molecule has 2 bridgehead atoms. The van der Waals surface area contributed by atoms with Gasteiger partial charge in [0.2, 0.25) is 0 Å². The van der Waals surface area contributed by atoms with Crippen LogP contribution in [0, 0.1) is 5.92 Å². The second-order valence-electron chi connectivity index (χ2n) is 8.27. The molecule has 3 saturated heterocycles. The second-order valence-corrected chi connectivity index (χ2v) is 9.30. The molecule has 1 aromatic heterocycles. The van der Waals surface area contributed by atoms with Crippen LogP contribution >= 0.6 is 11.3 Å². The van der Waals surface area contributed by atoms with Gasteiger partial charge in [-0.15, -0.1) is 11.3 Å². The van der Waals surface area contributed by atoms with Gasteiger partial charge in [0.15, 0.2) is 0 Å². The highest BCUT2D eigenvalue weighted by Gasteiger charge is 2.36. The quantitative estimate of drug-likeness (QED) is 0.878. The Balaban J connectivity index is 1.18. The Morgan fingerprint density at radius 3 is 2.73 bits per heavy atom. The fraction of sp³-hybridized carbons (Fsp3) is 0.750. The van der Waals surface area contributed by atoms with Gasteiger partial charge in [-0.25, -0.2) is 4.79 Å². The van der Waals surface area contributed by atoms with Crippen molar-refractivity contribution in [2.24, 2.45) is 5.92 Å². The fourth-order valence-electron chi connectivity index (χ4n) is 4.81. The van der Waals surface area contributed by atoms with Gasteiger partial charge in [0.1, 0.15) is 0 Å². The predicted molar refractivity (Wildman–Crippen MR) is 106 cm³/mol. The van der Waals surface area contributed by atoms with Crippen molar-refractivity contribution >= 4 is 17.4 Å². The van der Waals surface area contributed by atoms with E-state index < -0.39 is 0 Å². The molecule has 144 valence electrons. The van der Waals surface area contributed by atoms with E-state index in [2.05, 4.69) is 44.6 Å². The van der Waals surface area contributed by atoms with Crippen LogP contribution in [-0.2, 0) is 6.54 Å². The molecule has 3 aliphatic heterocycles. The SMILES string of the molecule is CN1C2CCC1CN(C(=O)NCC1CCN(Cc3cccs3)CC1)CC2.